The zero-order valence-electron chi connectivity index (χ0n) is 9.86. The number of nitriles is 1. The van der Waals surface area contributed by atoms with E-state index in [1.54, 1.807) is 30.3 Å². The van der Waals surface area contributed by atoms with Crippen LogP contribution in [-0.4, -0.2) is 0 Å². The van der Waals surface area contributed by atoms with Crippen LogP contribution >= 0.6 is 15.9 Å². The molecule has 0 amide bonds. The Kier molecular flexibility index (Phi) is 4.03. The third-order valence-electron chi connectivity index (χ3n) is 2.51. The summed E-state index contributed by atoms with van der Waals surface area (Å²) in [7, 11) is 0. The van der Waals surface area contributed by atoms with E-state index in [1.165, 1.54) is 6.07 Å². The highest BCUT2D eigenvalue weighted by Crippen LogP contribution is 2.27. The molecule has 2 N–H and O–H groups in total. The highest BCUT2D eigenvalue weighted by atomic mass is 79.9. The van der Waals surface area contributed by atoms with Gasteiger partial charge in [0, 0.05) is 11.8 Å². The van der Waals surface area contributed by atoms with E-state index in [1.807, 2.05) is 6.07 Å². The standard InChI is InChI=1S/C14H10BrFN2O/c15-12-3-1-11(8-13(12)16)19-10-2-4-14(18)9(7-10)5-6-17/h1-4,7-8H,5,18H2. The summed E-state index contributed by atoms with van der Waals surface area (Å²) >= 11 is 3.07. The van der Waals surface area contributed by atoms with E-state index >= 15 is 0 Å². The highest BCUT2D eigenvalue weighted by molar-refractivity contribution is 9.10. The lowest BCUT2D eigenvalue weighted by Gasteiger charge is -2.09. The molecular weight excluding hydrogens is 311 g/mol. The third-order valence-corrected chi connectivity index (χ3v) is 3.15. The van der Waals surface area contributed by atoms with E-state index in [2.05, 4.69) is 15.9 Å². The molecule has 0 radical (unpaired) electrons. The first-order valence-corrected chi connectivity index (χ1v) is 6.27. The number of nitrogen functional groups attached to an aromatic ring is 1. The van der Waals surface area contributed by atoms with E-state index in [0.717, 1.165) is 0 Å². The molecule has 19 heavy (non-hydrogen) atoms. The second-order valence-electron chi connectivity index (χ2n) is 3.87. The topological polar surface area (TPSA) is 59.0 Å². The van der Waals surface area contributed by atoms with Gasteiger partial charge in [0.05, 0.1) is 17.0 Å². The Morgan fingerprint density at radius 1 is 1.21 bits per heavy atom. The van der Waals surface area contributed by atoms with Crippen molar-refractivity contribution in [1.29, 1.82) is 5.26 Å². The van der Waals surface area contributed by atoms with Crippen LogP contribution in [0.4, 0.5) is 10.1 Å². The average molecular weight is 321 g/mol. The number of nitrogens with zero attached hydrogens (tertiary/aromatic N) is 1. The number of nitrogens with two attached hydrogens (primary N) is 1. The lowest BCUT2D eigenvalue weighted by atomic mass is 10.1. The van der Waals surface area contributed by atoms with Crippen molar-refractivity contribution in [2.75, 3.05) is 5.73 Å². The summed E-state index contributed by atoms with van der Waals surface area (Å²) in [6, 6.07) is 11.5. The molecule has 0 aliphatic carbocycles. The molecule has 0 saturated heterocycles. The molecule has 0 fully saturated rings. The van der Waals surface area contributed by atoms with Crippen LogP contribution < -0.4 is 10.5 Å². The summed E-state index contributed by atoms with van der Waals surface area (Å²) in [5.74, 6) is 0.500. The van der Waals surface area contributed by atoms with Gasteiger partial charge in [0.1, 0.15) is 17.3 Å². The summed E-state index contributed by atoms with van der Waals surface area (Å²) < 4.78 is 19.3. The van der Waals surface area contributed by atoms with Crippen molar-refractivity contribution in [3.63, 3.8) is 0 Å². The Hall–Kier alpha value is -2.06. The van der Waals surface area contributed by atoms with Crippen LogP contribution in [0.1, 0.15) is 5.56 Å². The Balaban J connectivity index is 2.25. The minimum Gasteiger partial charge on any atom is -0.457 e. The van der Waals surface area contributed by atoms with Gasteiger partial charge in [-0.15, -0.1) is 0 Å². The van der Waals surface area contributed by atoms with Crippen LogP contribution in [0.2, 0.25) is 0 Å². The molecule has 5 heteroatoms. The number of ether oxygens (including phenoxy) is 1. The fraction of sp³-hybridized carbons (Fsp3) is 0.0714. The molecule has 0 saturated carbocycles. The molecule has 0 aromatic heterocycles. The molecule has 2 aromatic carbocycles. The van der Waals surface area contributed by atoms with Gasteiger partial charge >= 0.3 is 0 Å². The van der Waals surface area contributed by atoms with Gasteiger partial charge in [0.25, 0.3) is 0 Å². The molecule has 96 valence electrons. The maximum Gasteiger partial charge on any atom is 0.141 e. The third kappa shape index (κ3) is 3.24. The van der Waals surface area contributed by atoms with Crippen LogP contribution in [0, 0.1) is 17.1 Å². The minimum absolute atomic E-state index is 0.206. The minimum atomic E-state index is -0.398. The predicted molar refractivity (Wildman–Crippen MR) is 74.3 cm³/mol. The molecule has 0 bridgehead atoms. The Morgan fingerprint density at radius 3 is 2.58 bits per heavy atom. The van der Waals surface area contributed by atoms with E-state index in [9.17, 15) is 4.39 Å². The summed E-state index contributed by atoms with van der Waals surface area (Å²) in [6.45, 7) is 0. The molecule has 0 heterocycles. The monoisotopic (exact) mass is 320 g/mol. The fourth-order valence-corrected chi connectivity index (χ4v) is 1.81. The van der Waals surface area contributed by atoms with Crippen molar-refractivity contribution < 1.29 is 9.13 Å². The Bertz CT molecular complexity index is 652. The van der Waals surface area contributed by atoms with Crippen molar-refractivity contribution in [1.82, 2.24) is 0 Å². The van der Waals surface area contributed by atoms with Gasteiger partial charge < -0.3 is 10.5 Å². The quantitative estimate of drug-likeness (QED) is 0.868. The van der Waals surface area contributed by atoms with Gasteiger partial charge in [-0.1, -0.05) is 0 Å². The van der Waals surface area contributed by atoms with E-state index < -0.39 is 5.82 Å². The fourth-order valence-electron chi connectivity index (χ4n) is 1.56. The molecule has 0 atom stereocenters. The van der Waals surface area contributed by atoms with Crippen LogP contribution in [0.5, 0.6) is 11.5 Å². The van der Waals surface area contributed by atoms with Gasteiger partial charge in [-0.25, -0.2) is 4.39 Å². The van der Waals surface area contributed by atoms with Crippen LogP contribution in [-0.2, 0) is 6.42 Å². The first-order valence-electron chi connectivity index (χ1n) is 5.48. The van der Waals surface area contributed by atoms with E-state index in [0.29, 0.717) is 27.2 Å². The zero-order chi connectivity index (χ0) is 13.8. The largest absolute Gasteiger partial charge is 0.457 e. The lowest BCUT2D eigenvalue weighted by Crippen LogP contribution is -1.94. The second-order valence-corrected chi connectivity index (χ2v) is 4.73. The van der Waals surface area contributed by atoms with Gasteiger partial charge in [0.15, 0.2) is 0 Å². The van der Waals surface area contributed by atoms with Crippen molar-refractivity contribution in [2.45, 2.75) is 6.42 Å². The van der Waals surface area contributed by atoms with Gasteiger partial charge in [-0.05, 0) is 51.8 Å². The molecule has 0 spiro atoms. The van der Waals surface area contributed by atoms with Crippen molar-refractivity contribution in [3.05, 3.63) is 52.3 Å². The number of benzene rings is 2. The second kappa shape index (κ2) is 5.72. The first kappa shape index (κ1) is 13.4. The Labute approximate surface area is 118 Å². The summed E-state index contributed by atoms with van der Waals surface area (Å²) in [6.07, 6.45) is 0.206. The van der Waals surface area contributed by atoms with Crippen LogP contribution in [0.25, 0.3) is 0 Å². The number of halogens is 2. The van der Waals surface area contributed by atoms with E-state index in [4.69, 9.17) is 15.7 Å². The molecule has 0 unspecified atom stereocenters. The van der Waals surface area contributed by atoms with Gasteiger partial charge in [-0.3, -0.25) is 0 Å². The SMILES string of the molecule is N#CCc1cc(Oc2ccc(Br)c(F)c2)ccc1N. The number of hydrogen-bond acceptors (Lipinski definition) is 3. The summed E-state index contributed by atoms with van der Waals surface area (Å²) in [5, 5.41) is 8.69. The zero-order valence-corrected chi connectivity index (χ0v) is 11.4. The number of anilines is 1. The highest BCUT2D eigenvalue weighted by Gasteiger charge is 2.05. The van der Waals surface area contributed by atoms with Crippen LogP contribution in [0.15, 0.2) is 40.9 Å². The number of rotatable bonds is 3. The van der Waals surface area contributed by atoms with Gasteiger partial charge in [0.2, 0.25) is 0 Å². The Morgan fingerprint density at radius 2 is 1.89 bits per heavy atom. The molecule has 0 aliphatic rings. The molecule has 0 aliphatic heterocycles. The predicted octanol–water partition coefficient (Wildman–Crippen LogP) is 4.03. The molecule has 3 nitrogen and oxygen atoms in total. The summed E-state index contributed by atoms with van der Waals surface area (Å²) in [5.41, 5.74) is 6.97. The first-order chi connectivity index (χ1) is 9.10. The van der Waals surface area contributed by atoms with Crippen LogP contribution in [0.3, 0.4) is 0 Å². The average Bonchev–Trinajstić information content (AvgIpc) is 2.38. The lowest BCUT2D eigenvalue weighted by molar-refractivity contribution is 0.476. The summed E-state index contributed by atoms with van der Waals surface area (Å²) in [4.78, 5) is 0. The maximum absolute atomic E-state index is 13.4. The maximum atomic E-state index is 13.4. The van der Waals surface area contributed by atoms with Crippen molar-refractivity contribution in [3.8, 4) is 17.6 Å². The molecular formula is C14H10BrFN2O. The van der Waals surface area contributed by atoms with E-state index in [-0.39, 0.29) is 6.42 Å². The number of hydrogen-bond donors (Lipinski definition) is 1. The molecule has 2 aromatic rings. The normalized spacial score (nSPS) is 9.95. The smallest absolute Gasteiger partial charge is 0.141 e. The van der Waals surface area contributed by atoms with Crippen molar-refractivity contribution >= 4 is 21.6 Å². The molecule has 2 rings (SSSR count). The van der Waals surface area contributed by atoms with Crippen molar-refractivity contribution in [2.24, 2.45) is 0 Å². The van der Waals surface area contributed by atoms with Gasteiger partial charge in [-0.2, -0.15) is 5.26 Å².